The molecule has 0 aromatic heterocycles. The van der Waals surface area contributed by atoms with Gasteiger partial charge in [0.05, 0.1) is 6.42 Å². The molecule has 0 unspecified atom stereocenters. The number of carbonyl (C=O) groups excluding carboxylic acids is 2. The first-order chi connectivity index (χ1) is 17.5. The Bertz CT molecular complexity index is 1140. The molecule has 188 valence electrons. The average molecular weight is 483 g/mol. The predicted octanol–water partition coefficient (Wildman–Crippen LogP) is 5.93. The van der Waals surface area contributed by atoms with Gasteiger partial charge >= 0.3 is 0 Å². The molecule has 3 aromatic carbocycles. The molecule has 0 aliphatic heterocycles. The number of hydrogen-bond acceptors (Lipinski definition) is 2. The highest BCUT2D eigenvalue weighted by molar-refractivity contribution is 5.89. The standard InChI is InChI=1S/C32H38N2O2/c1-24-18-19-28(20-25(24)2)22-31(35)34(23-27-14-8-4-9-15-27)30(21-26-12-6-3-7-13-26)32(36)33-29-16-10-5-11-17-29/h3-4,6-9,12-15,18-20,29-30H,5,10-11,16-17,21-23H2,1-2H3,(H,33,36)/t30-/m1/s1. The molecule has 0 bridgehead atoms. The van der Waals surface area contributed by atoms with Crippen molar-refractivity contribution in [2.45, 2.75) is 77.4 Å². The van der Waals surface area contributed by atoms with Crippen molar-refractivity contribution in [1.82, 2.24) is 10.2 Å². The molecule has 1 atom stereocenters. The quantitative estimate of drug-likeness (QED) is 0.411. The van der Waals surface area contributed by atoms with Gasteiger partial charge in [-0.1, -0.05) is 98.1 Å². The van der Waals surface area contributed by atoms with Crippen LogP contribution in [0.4, 0.5) is 0 Å². The van der Waals surface area contributed by atoms with E-state index in [1.54, 1.807) is 4.90 Å². The van der Waals surface area contributed by atoms with Gasteiger partial charge in [-0.25, -0.2) is 0 Å². The summed E-state index contributed by atoms with van der Waals surface area (Å²) in [5.74, 6) is -0.0723. The first kappa shape index (κ1) is 25.7. The van der Waals surface area contributed by atoms with Gasteiger partial charge in [-0.05, 0) is 54.5 Å². The highest BCUT2D eigenvalue weighted by atomic mass is 16.2. The SMILES string of the molecule is Cc1ccc(CC(=O)N(Cc2ccccc2)[C@H](Cc2ccccc2)C(=O)NC2CCCCC2)cc1C. The molecule has 2 amide bonds. The zero-order chi connectivity index (χ0) is 25.3. The van der Waals surface area contributed by atoms with Crippen LogP contribution in [0.25, 0.3) is 0 Å². The van der Waals surface area contributed by atoms with Crippen LogP contribution in [0.3, 0.4) is 0 Å². The van der Waals surface area contributed by atoms with E-state index in [1.807, 2.05) is 66.7 Å². The van der Waals surface area contributed by atoms with E-state index in [0.29, 0.717) is 13.0 Å². The van der Waals surface area contributed by atoms with Gasteiger partial charge in [0.25, 0.3) is 0 Å². The second-order valence-electron chi connectivity index (χ2n) is 10.2. The number of hydrogen-bond donors (Lipinski definition) is 1. The van der Waals surface area contributed by atoms with Crippen molar-refractivity contribution in [3.63, 3.8) is 0 Å². The minimum absolute atomic E-state index is 0.0261. The van der Waals surface area contributed by atoms with Gasteiger partial charge in [-0.15, -0.1) is 0 Å². The molecule has 36 heavy (non-hydrogen) atoms. The maximum Gasteiger partial charge on any atom is 0.243 e. The van der Waals surface area contributed by atoms with Crippen molar-refractivity contribution in [1.29, 1.82) is 0 Å². The number of nitrogens with one attached hydrogen (secondary N) is 1. The third-order valence-electron chi connectivity index (χ3n) is 7.35. The molecule has 4 heteroatoms. The predicted molar refractivity (Wildman–Crippen MR) is 146 cm³/mol. The number of aryl methyl sites for hydroxylation is 2. The zero-order valence-electron chi connectivity index (χ0n) is 21.6. The van der Waals surface area contributed by atoms with Gasteiger partial charge in [0.1, 0.15) is 6.04 Å². The molecule has 1 N–H and O–H groups in total. The van der Waals surface area contributed by atoms with Crippen LogP contribution in [0.15, 0.2) is 78.9 Å². The van der Waals surface area contributed by atoms with Gasteiger partial charge in [0.2, 0.25) is 11.8 Å². The second-order valence-corrected chi connectivity index (χ2v) is 10.2. The topological polar surface area (TPSA) is 49.4 Å². The lowest BCUT2D eigenvalue weighted by atomic mass is 9.94. The third kappa shape index (κ3) is 7.07. The van der Waals surface area contributed by atoms with E-state index < -0.39 is 6.04 Å². The molecule has 4 rings (SSSR count). The lowest BCUT2D eigenvalue weighted by Gasteiger charge is -2.33. The average Bonchev–Trinajstić information content (AvgIpc) is 2.90. The number of rotatable bonds is 9. The molecule has 1 fully saturated rings. The Morgan fingerprint density at radius 1 is 0.806 bits per heavy atom. The van der Waals surface area contributed by atoms with Crippen molar-refractivity contribution >= 4 is 11.8 Å². The summed E-state index contributed by atoms with van der Waals surface area (Å²) in [4.78, 5) is 29.5. The van der Waals surface area contributed by atoms with Crippen LogP contribution >= 0.6 is 0 Å². The van der Waals surface area contributed by atoms with E-state index in [4.69, 9.17) is 0 Å². The second kappa shape index (κ2) is 12.5. The van der Waals surface area contributed by atoms with E-state index in [0.717, 1.165) is 42.4 Å². The largest absolute Gasteiger partial charge is 0.352 e. The summed E-state index contributed by atoms with van der Waals surface area (Å²) in [6.07, 6.45) is 6.31. The van der Waals surface area contributed by atoms with Crippen LogP contribution in [0.2, 0.25) is 0 Å². The number of carbonyl (C=O) groups is 2. The molecule has 0 radical (unpaired) electrons. The Morgan fingerprint density at radius 2 is 1.44 bits per heavy atom. The number of nitrogens with zero attached hydrogens (tertiary/aromatic N) is 1. The van der Waals surface area contributed by atoms with E-state index >= 15 is 0 Å². The first-order valence-corrected chi connectivity index (χ1v) is 13.2. The highest BCUT2D eigenvalue weighted by Gasteiger charge is 2.32. The molecule has 4 nitrogen and oxygen atoms in total. The summed E-state index contributed by atoms with van der Waals surface area (Å²) < 4.78 is 0. The lowest BCUT2D eigenvalue weighted by Crippen LogP contribution is -2.53. The summed E-state index contributed by atoms with van der Waals surface area (Å²) in [6, 6.07) is 25.8. The highest BCUT2D eigenvalue weighted by Crippen LogP contribution is 2.21. The van der Waals surface area contributed by atoms with Crippen LogP contribution in [0, 0.1) is 13.8 Å². The van der Waals surface area contributed by atoms with Crippen LogP contribution in [0.1, 0.15) is 59.9 Å². The zero-order valence-corrected chi connectivity index (χ0v) is 21.6. The summed E-state index contributed by atoms with van der Waals surface area (Å²) >= 11 is 0. The Hall–Kier alpha value is -3.40. The molecular formula is C32H38N2O2. The van der Waals surface area contributed by atoms with E-state index in [9.17, 15) is 9.59 Å². The number of benzene rings is 3. The fourth-order valence-electron chi connectivity index (χ4n) is 5.07. The van der Waals surface area contributed by atoms with Gasteiger partial charge in [0, 0.05) is 19.0 Å². The van der Waals surface area contributed by atoms with Crippen molar-refractivity contribution in [3.8, 4) is 0 Å². The van der Waals surface area contributed by atoms with Crippen molar-refractivity contribution < 1.29 is 9.59 Å². The smallest absolute Gasteiger partial charge is 0.243 e. The van der Waals surface area contributed by atoms with E-state index in [-0.39, 0.29) is 24.3 Å². The van der Waals surface area contributed by atoms with Crippen molar-refractivity contribution in [2.24, 2.45) is 0 Å². The van der Waals surface area contributed by atoms with Gasteiger partial charge in [0.15, 0.2) is 0 Å². The third-order valence-corrected chi connectivity index (χ3v) is 7.35. The summed E-state index contributed by atoms with van der Waals surface area (Å²) in [7, 11) is 0. The van der Waals surface area contributed by atoms with Crippen LogP contribution in [0.5, 0.6) is 0 Å². The van der Waals surface area contributed by atoms with Crippen LogP contribution in [-0.4, -0.2) is 28.8 Å². The Kier molecular flexibility index (Phi) is 8.94. The lowest BCUT2D eigenvalue weighted by molar-refractivity contribution is -0.141. The Labute approximate surface area is 215 Å². The molecule has 0 spiro atoms. The Morgan fingerprint density at radius 3 is 2.08 bits per heavy atom. The van der Waals surface area contributed by atoms with Crippen LogP contribution < -0.4 is 5.32 Å². The summed E-state index contributed by atoms with van der Waals surface area (Å²) in [6.45, 7) is 4.55. The Balaban J connectivity index is 1.64. The normalized spacial score (nSPS) is 14.7. The molecule has 1 saturated carbocycles. The fourth-order valence-corrected chi connectivity index (χ4v) is 5.07. The molecule has 0 saturated heterocycles. The van der Waals surface area contributed by atoms with E-state index in [1.165, 1.54) is 17.5 Å². The fraction of sp³-hybridized carbons (Fsp3) is 0.375. The molecular weight excluding hydrogens is 444 g/mol. The minimum atomic E-state index is -0.575. The monoisotopic (exact) mass is 482 g/mol. The maximum atomic E-state index is 13.9. The first-order valence-electron chi connectivity index (χ1n) is 13.2. The molecule has 3 aromatic rings. The molecule has 1 aliphatic rings. The summed E-state index contributed by atoms with van der Waals surface area (Å²) in [5, 5.41) is 3.31. The maximum absolute atomic E-state index is 13.9. The number of amides is 2. The van der Waals surface area contributed by atoms with Gasteiger partial charge in [-0.3, -0.25) is 9.59 Å². The van der Waals surface area contributed by atoms with Crippen molar-refractivity contribution in [3.05, 3.63) is 107 Å². The minimum Gasteiger partial charge on any atom is -0.352 e. The van der Waals surface area contributed by atoms with E-state index in [2.05, 4.69) is 31.3 Å². The van der Waals surface area contributed by atoms with Crippen molar-refractivity contribution in [2.75, 3.05) is 0 Å². The molecule has 0 heterocycles. The van der Waals surface area contributed by atoms with Gasteiger partial charge < -0.3 is 10.2 Å². The van der Waals surface area contributed by atoms with Crippen LogP contribution in [-0.2, 0) is 29.0 Å². The molecule has 1 aliphatic carbocycles. The summed E-state index contributed by atoms with van der Waals surface area (Å²) in [5.41, 5.74) is 5.44. The van der Waals surface area contributed by atoms with Gasteiger partial charge in [-0.2, -0.15) is 0 Å².